The number of carbonyl (C=O) groups excluding carboxylic acids is 2. The molecule has 0 fully saturated rings. The molecule has 0 amide bonds. The molecule has 0 bridgehead atoms. The largest absolute Gasteiger partial charge is 0.452 e. The number of aryl methyl sites for hydroxylation is 2. The van der Waals surface area contributed by atoms with Crippen molar-refractivity contribution in [3.05, 3.63) is 100 Å². The molecule has 5 heteroatoms. The molecule has 0 saturated carbocycles. The summed E-state index contributed by atoms with van der Waals surface area (Å²) in [5.74, 6) is -1.02. The Morgan fingerprint density at radius 1 is 1.03 bits per heavy atom. The second-order valence-electron chi connectivity index (χ2n) is 6.83. The molecule has 0 aliphatic carbocycles. The van der Waals surface area contributed by atoms with Crippen LogP contribution in [0.3, 0.4) is 0 Å². The molecular formula is C24H17FO4. The molecule has 1 heterocycles. The van der Waals surface area contributed by atoms with Crippen molar-refractivity contribution in [3.63, 3.8) is 0 Å². The van der Waals surface area contributed by atoms with Crippen LogP contribution < -0.4 is 9.47 Å². The average molecular weight is 388 g/mol. The lowest BCUT2D eigenvalue weighted by Gasteiger charge is -2.08. The third kappa shape index (κ3) is 3.67. The minimum Gasteiger partial charge on any atom is -0.452 e. The maximum Gasteiger partial charge on any atom is 0.346 e. The lowest BCUT2D eigenvalue weighted by atomic mass is 10.0. The van der Waals surface area contributed by atoms with Crippen molar-refractivity contribution in [2.75, 3.05) is 0 Å². The first-order valence-electron chi connectivity index (χ1n) is 9.04. The van der Waals surface area contributed by atoms with Crippen molar-refractivity contribution in [3.8, 4) is 11.5 Å². The van der Waals surface area contributed by atoms with Crippen LogP contribution in [-0.4, -0.2) is 11.8 Å². The highest BCUT2D eigenvalue weighted by Crippen LogP contribution is 2.37. The van der Waals surface area contributed by atoms with Gasteiger partial charge in [-0.2, -0.15) is 0 Å². The molecule has 1 aliphatic rings. The van der Waals surface area contributed by atoms with E-state index in [1.54, 1.807) is 25.1 Å². The second-order valence-corrected chi connectivity index (χ2v) is 6.83. The number of rotatable bonds is 3. The van der Waals surface area contributed by atoms with Gasteiger partial charge in [-0.1, -0.05) is 42.0 Å². The zero-order valence-corrected chi connectivity index (χ0v) is 15.9. The number of benzene rings is 3. The Balaban J connectivity index is 1.62. The van der Waals surface area contributed by atoms with E-state index in [1.165, 1.54) is 24.3 Å². The van der Waals surface area contributed by atoms with Crippen molar-refractivity contribution in [1.82, 2.24) is 0 Å². The van der Waals surface area contributed by atoms with Crippen LogP contribution >= 0.6 is 0 Å². The van der Waals surface area contributed by atoms with Gasteiger partial charge in [-0.25, -0.2) is 9.18 Å². The molecule has 4 rings (SSSR count). The molecule has 4 nitrogen and oxygen atoms in total. The van der Waals surface area contributed by atoms with Crippen LogP contribution in [0, 0.1) is 19.7 Å². The summed E-state index contributed by atoms with van der Waals surface area (Å²) in [4.78, 5) is 25.0. The van der Waals surface area contributed by atoms with Gasteiger partial charge in [0.25, 0.3) is 0 Å². The molecule has 0 aromatic heterocycles. The van der Waals surface area contributed by atoms with E-state index in [0.29, 0.717) is 16.9 Å². The number of ether oxygens (including phenoxy) is 2. The van der Waals surface area contributed by atoms with Gasteiger partial charge < -0.3 is 9.47 Å². The Morgan fingerprint density at radius 2 is 1.76 bits per heavy atom. The summed E-state index contributed by atoms with van der Waals surface area (Å²) < 4.78 is 24.8. The fourth-order valence-electron chi connectivity index (χ4n) is 3.14. The molecule has 144 valence electrons. The first kappa shape index (κ1) is 18.6. The summed E-state index contributed by atoms with van der Waals surface area (Å²) in [7, 11) is 0. The van der Waals surface area contributed by atoms with Gasteiger partial charge in [-0.05, 0) is 49.2 Å². The zero-order valence-electron chi connectivity index (χ0n) is 15.9. The van der Waals surface area contributed by atoms with E-state index in [9.17, 15) is 14.0 Å². The van der Waals surface area contributed by atoms with E-state index in [1.807, 2.05) is 31.2 Å². The summed E-state index contributed by atoms with van der Waals surface area (Å²) in [6.07, 6.45) is 1.67. The topological polar surface area (TPSA) is 52.6 Å². The van der Waals surface area contributed by atoms with Crippen LogP contribution in [0.15, 0.2) is 66.4 Å². The van der Waals surface area contributed by atoms with E-state index in [2.05, 4.69) is 0 Å². The summed E-state index contributed by atoms with van der Waals surface area (Å²) in [6.45, 7) is 3.72. The smallest absolute Gasteiger partial charge is 0.346 e. The van der Waals surface area contributed by atoms with E-state index >= 15 is 0 Å². The monoisotopic (exact) mass is 388 g/mol. The predicted octanol–water partition coefficient (Wildman–Crippen LogP) is 5.28. The van der Waals surface area contributed by atoms with Gasteiger partial charge >= 0.3 is 5.97 Å². The Kier molecular flexibility index (Phi) is 4.72. The number of ketones is 1. The highest BCUT2D eigenvalue weighted by atomic mass is 19.1. The van der Waals surface area contributed by atoms with Crippen molar-refractivity contribution in [2.45, 2.75) is 13.8 Å². The van der Waals surface area contributed by atoms with Gasteiger partial charge in [0.1, 0.15) is 17.3 Å². The van der Waals surface area contributed by atoms with Gasteiger partial charge in [-0.15, -0.1) is 0 Å². The number of halogens is 1. The highest BCUT2D eigenvalue weighted by Gasteiger charge is 2.30. The molecule has 0 N–H and O–H groups in total. The quantitative estimate of drug-likeness (QED) is 0.348. The number of hydrogen-bond donors (Lipinski definition) is 0. The van der Waals surface area contributed by atoms with Crippen LogP contribution in [0.1, 0.15) is 37.4 Å². The minimum atomic E-state index is -0.817. The Labute approximate surface area is 167 Å². The van der Waals surface area contributed by atoms with Crippen molar-refractivity contribution >= 4 is 17.8 Å². The van der Waals surface area contributed by atoms with Crippen LogP contribution in [0.5, 0.6) is 11.5 Å². The molecule has 1 aliphatic heterocycles. The molecule has 0 radical (unpaired) electrons. The minimum absolute atomic E-state index is 0.164. The third-order valence-electron chi connectivity index (χ3n) is 4.62. The summed E-state index contributed by atoms with van der Waals surface area (Å²) >= 11 is 0. The first-order chi connectivity index (χ1) is 13.9. The van der Waals surface area contributed by atoms with Gasteiger partial charge in [0.05, 0.1) is 11.1 Å². The van der Waals surface area contributed by atoms with Crippen molar-refractivity contribution in [1.29, 1.82) is 0 Å². The summed E-state index contributed by atoms with van der Waals surface area (Å²) in [5, 5.41) is 0. The van der Waals surface area contributed by atoms with Crippen molar-refractivity contribution in [2.24, 2.45) is 0 Å². The molecule has 3 aromatic carbocycles. The van der Waals surface area contributed by atoms with Crippen molar-refractivity contribution < 1.29 is 23.5 Å². The maximum absolute atomic E-state index is 13.8. The molecule has 3 aromatic rings. The van der Waals surface area contributed by atoms with Crippen LogP contribution in [0.2, 0.25) is 0 Å². The normalized spacial score (nSPS) is 13.9. The zero-order chi connectivity index (χ0) is 20.5. The van der Waals surface area contributed by atoms with E-state index < -0.39 is 11.8 Å². The second kappa shape index (κ2) is 7.36. The molecule has 0 spiro atoms. The number of carbonyl (C=O) groups is 2. The van der Waals surface area contributed by atoms with Crippen LogP contribution in [0.25, 0.3) is 6.08 Å². The summed E-state index contributed by atoms with van der Waals surface area (Å²) in [6, 6.07) is 16.3. The molecule has 0 unspecified atom stereocenters. The summed E-state index contributed by atoms with van der Waals surface area (Å²) in [5.41, 5.74) is 2.83. The Hall–Kier alpha value is -3.73. The van der Waals surface area contributed by atoms with Gasteiger partial charge in [-0.3, -0.25) is 4.79 Å². The number of esters is 1. The highest BCUT2D eigenvalue weighted by molar-refractivity contribution is 6.15. The fourth-order valence-corrected chi connectivity index (χ4v) is 3.14. The Morgan fingerprint density at radius 3 is 2.48 bits per heavy atom. The van der Waals surface area contributed by atoms with E-state index in [4.69, 9.17) is 9.47 Å². The Bertz CT molecular complexity index is 1160. The van der Waals surface area contributed by atoms with E-state index in [-0.39, 0.29) is 22.9 Å². The number of Topliss-reactive ketones (excluding diaryl/α,β-unsaturated/α-hetero) is 1. The third-order valence-corrected chi connectivity index (χ3v) is 4.62. The maximum atomic E-state index is 13.8. The van der Waals surface area contributed by atoms with Gasteiger partial charge in [0, 0.05) is 6.07 Å². The predicted molar refractivity (Wildman–Crippen MR) is 107 cm³/mol. The molecule has 0 saturated heterocycles. The van der Waals surface area contributed by atoms with Crippen LogP contribution in [-0.2, 0) is 0 Å². The van der Waals surface area contributed by atoms with Gasteiger partial charge in [0.15, 0.2) is 5.76 Å². The fraction of sp³-hybridized carbons (Fsp3) is 0.0833. The number of hydrogen-bond acceptors (Lipinski definition) is 4. The molecular weight excluding hydrogens is 371 g/mol. The molecule has 29 heavy (non-hydrogen) atoms. The standard InChI is InChI=1S/C24H17FO4/c1-14-7-9-16(10-8-14)12-21-23(26)22-15(2)11-17(13-20(22)29-21)28-24(27)18-5-3-4-6-19(18)25/h3-13H,1-2H3/b21-12-. The SMILES string of the molecule is Cc1ccc(/C=C2\Oc3cc(OC(=O)c4ccccc4F)cc(C)c3C2=O)cc1. The number of allylic oxidation sites excluding steroid dienone is 1. The first-order valence-corrected chi connectivity index (χ1v) is 9.04. The lowest BCUT2D eigenvalue weighted by molar-refractivity contribution is 0.0729. The lowest BCUT2D eigenvalue weighted by Crippen LogP contribution is -2.10. The average Bonchev–Trinajstić information content (AvgIpc) is 2.99. The number of fused-ring (bicyclic) bond motifs is 1. The van der Waals surface area contributed by atoms with Gasteiger partial charge in [0.2, 0.25) is 5.78 Å². The van der Waals surface area contributed by atoms with E-state index in [0.717, 1.165) is 11.1 Å². The molecule has 0 atom stereocenters. The van der Waals surface area contributed by atoms with Crippen LogP contribution in [0.4, 0.5) is 4.39 Å².